The topological polar surface area (TPSA) is 49.9 Å². The van der Waals surface area contributed by atoms with Crippen LogP contribution in [0.15, 0.2) is 24.3 Å². The molecule has 1 aromatic carbocycles. The van der Waals surface area contributed by atoms with Gasteiger partial charge in [0.05, 0.1) is 11.1 Å². The van der Waals surface area contributed by atoms with Gasteiger partial charge in [-0.05, 0) is 6.07 Å². The minimum atomic E-state index is -0.0463. The van der Waals surface area contributed by atoms with Gasteiger partial charge in [0, 0.05) is 37.7 Å². The van der Waals surface area contributed by atoms with E-state index >= 15 is 0 Å². The van der Waals surface area contributed by atoms with Crippen molar-refractivity contribution in [1.82, 2.24) is 15.5 Å². The van der Waals surface area contributed by atoms with E-state index in [1.165, 1.54) is 11.1 Å². The molecule has 1 saturated heterocycles. The van der Waals surface area contributed by atoms with Gasteiger partial charge in [0.25, 0.3) is 0 Å². The van der Waals surface area contributed by atoms with Crippen molar-refractivity contribution in [2.45, 2.75) is 12.0 Å². The summed E-state index contributed by atoms with van der Waals surface area (Å²) in [5.41, 5.74) is 2.14. The quantitative estimate of drug-likeness (QED) is 0.809. The fraction of sp³-hybridized carbons (Fsp3) is 0.417. The van der Waals surface area contributed by atoms with Gasteiger partial charge in [-0.3, -0.25) is 5.10 Å². The second-order valence-corrected chi connectivity index (χ2v) is 4.39. The van der Waals surface area contributed by atoms with E-state index in [-0.39, 0.29) is 5.60 Å². The molecule has 1 aliphatic heterocycles. The number of hydrogen-bond donors (Lipinski definition) is 2. The zero-order chi connectivity index (χ0) is 11.0. The van der Waals surface area contributed by atoms with E-state index in [1.54, 1.807) is 7.11 Å². The predicted molar refractivity (Wildman–Crippen MR) is 62.4 cm³/mol. The lowest BCUT2D eigenvalue weighted by molar-refractivity contribution is -0.0506. The van der Waals surface area contributed by atoms with Gasteiger partial charge in [0.2, 0.25) is 0 Å². The van der Waals surface area contributed by atoms with E-state index in [0.717, 1.165) is 25.0 Å². The molecular weight excluding hydrogens is 202 g/mol. The van der Waals surface area contributed by atoms with Gasteiger partial charge in [-0.2, -0.15) is 5.10 Å². The van der Waals surface area contributed by atoms with Crippen molar-refractivity contribution in [2.24, 2.45) is 0 Å². The normalized spacial score (nSPS) is 18.6. The highest BCUT2D eigenvalue weighted by molar-refractivity contribution is 5.81. The van der Waals surface area contributed by atoms with E-state index in [9.17, 15) is 0 Å². The molecule has 2 N–H and O–H groups in total. The Hall–Kier alpha value is -1.39. The van der Waals surface area contributed by atoms with Crippen LogP contribution in [0.3, 0.4) is 0 Å². The minimum Gasteiger partial charge on any atom is -0.375 e. The first-order valence-electron chi connectivity index (χ1n) is 5.51. The molecule has 0 spiro atoms. The van der Waals surface area contributed by atoms with E-state index in [1.807, 2.05) is 18.2 Å². The lowest BCUT2D eigenvalue weighted by Crippen LogP contribution is -2.61. The van der Waals surface area contributed by atoms with Crippen LogP contribution in [-0.2, 0) is 11.2 Å². The fourth-order valence-corrected chi connectivity index (χ4v) is 2.22. The van der Waals surface area contributed by atoms with Crippen LogP contribution in [0.2, 0.25) is 0 Å². The minimum absolute atomic E-state index is 0.0463. The second-order valence-electron chi connectivity index (χ2n) is 4.39. The van der Waals surface area contributed by atoms with Crippen LogP contribution in [0.1, 0.15) is 5.69 Å². The van der Waals surface area contributed by atoms with Crippen molar-refractivity contribution in [3.05, 3.63) is 30.0 Å². The number of nitrogens with one attached hydrogen (secondary N) is 2. The molecule has 4 heteroatoms. The number of hydrogen-bond acceptors (Lipinski definition) is 3. The summed E-state index contributed by atoms with van der Waals surface area (Å²) in [7, 11) is 1.78. The number of aromatic amines is 1. The molecule has 0 unspecified atom stereocenters. The predicted octanol–water partition coefficient (Wildman–Crippen LogP) is 1.09. The molecule has 0 saturated carbocycles. The van der Waals surface area contributed by atoms with Gasteiger partial charge >= 0.3 is 0 Å². The Morgan fingerprint density at radius 2 is 2.19 bits per heavy atom. The zero-order valence-electron chi connectivity index (χ0n) is 9.29. The Balaban J connectivity index is 1.94. The number of para-hydroxylation sites is 1. The van der Waals surface area contributed by atoms with Crippen molar-refractivity contribution in [3.63, 3.8) is 0 Å². The van der Waals surface area contributed by atoms with Gasteiger partial charge in [-0.15, -0.1) is 0 Å². The smallest absolute Gasteiger partial charge is 0.0981 e. The van der Waals surface area contributed by atoms with Crippen LogP contribution < -0.4 is 5.32 Å². The summed E-state index contributed by atoms with van der Waals surface area (Å²) in [6.45, 7) is 1.83. The monoisotopic (exact) mass is 217 g/mol. The number of methoxy groups -OCH3 is 1. The third-order valence-corrected chi connectivity index (χ3v) is 3.37. The molecule has 16 heavy (non-hydrogen) atoms. The third-order valence-electron chi connectivity index (χ3n) is 3.37. The molecule has 0 bridgehead atoms. The number of ether oxygens (including phenoxy) is 1. The summed E-state index contributed by atoms with van der Waals surface area (Å²) < 4.78 is 5.59. The van der Waals surface area contributed by atoms with E-state index in [0.29, 0.717) is 0 Å². The lowest BCUT2D eigenvalue weighted by atomic mass is 9.90. The molecule has 0 aliphatic carbocycles. The molecule has 0 amide bonds. The summed E-state index contributed by atoms with van der Waals surface area (Å²) in [4.78, 5) is 0. The first kappa shape index (κ1) is 9.81. The van der Waals surface area contributed by atoms with Crippen molar-refractivity contribution in [1.29, 1.82) is 0 Å². The average Bonchev–Trinajstić information content (AvgIpc) is 2.67. The van der Waals surface area contributed by atoms with Crippen molar-refractivity contribution in [3.8, 4) is 0 Å². The molecule has 1 aromatic heterocycles. The van der Waals surface area contributed by atoms with Crippen LogP contribution in [0.4, 0.5) is 0 Å². The SMILES string of the molecule is COC1(Cc2[nH]nc3ccccc23)CNC1. The largest absolute Gasteiger partial charge is 0.375 e. The van der Waals surface area contributed by atoms with Gasteiger partial charge < -0.3 is 10.1 Å². The maximum atomic E-state index is 5.59. The van der Waals surface area contributed by atoms with Crippen LogP contribution >= 0.6 is 0 Å². The maximum Gasteiger partial charge on any atom is 0.0981 e. The Bertz CT molecular complexity index is 496. The summed E-state index contributed by atoms with van der Waals surface area (Å²) in [5, 5.41) is 11.9. The first-order valence-corrected chi connectivity index (χ1v) is 5.51. The van der Waals surface area contributed by atoms with Crippen molar-refractivity contribution < 1.29 is 4.74 Å². The first-order chi connectivity index (χ1) is 7.83. The molecule has 1 fully saturated rings. The summed E-state index contributed by atoms with van der Waals surface area (Å²) in [6, 6.07) is 8.17. The van der Waals surface area contributed by atoms with Crippen molar-refractivity contribution >= 4 is 10.9 Å². The van der Waals surface area contributed by atoms with Gasteiger partial charge in [-0.1, -0.05) is 18.2 Å². The fourth-order valence-electron chi connectivity index (χ4n) is 2.22. The Kier molecular flexibility index (Phi) is 2.19. The number of nitrogens with zero attached hydrogens (tertiary/aromatic N) is 1. The Labute approximate surface area is 94.0 Å². The average molecular weight is 217 g/mol. The number of benzene rings is 1. The highest BCUT2D eigenvalue weighted by atomic mass is 16.5. The van der Waals surface area contributed by atoms with E-state index in [2.05, 4.69) is 21.6 Å². The molecule has 2 aromatic rings. The molecular formula is C12H15N3O. The van der Waals surface area contributed by atoms with Crippen LogP contribution in [0.25, 0.3) is 10.9 Å². The number of fused-ring (bicyclic) bond motifs is 1. The molecule has 2 heterocycles. The Morgan fingerprint density at radius 1 is 1.38 bits per heavy atom. The second kappa shape index (κ2) is 3.57. The van der Waals surface area contributed by atoms with Gasteiger partial charge in [0.15, 0.2) is 0 Å². The van der Waals surface area contributed by atoms with E-state index < -0.39 is 0 Å². The molecule has 3 rings (SSSR count). The molecule has 0 radical (unpaired) electrons. The van der Waals surface area contributed by atoms with Crippen LogP contribution in [0.5, 0.6) is 0 Å². The third kappa shape index (κ3) is 1.42. The zero-order valence-corrected chi connectivity index (χ0v) is 9.29. The molecule has 84 valence electrons. The van der Waals surface area contributed by atoms with Gasteiger partial charge in [0.1, 0.15) is 0 Å². The molecule has 4 nitrogen and oxygen atoms in total. The summed E-state index contributed by atoms with van der Waals surface area (Å²) in [6.07, 6.45) is 0.886. The van der Waals surface area contributed by atoms with E-state index in [4.69, 9.17) is 4.74 Å². The van der Waals surface area contributed by atoms with Gasteiger partial charge in [-0.25, -0.2) is 0 Å². The molecule has 1 aliphatic rings. The Morgan fingerprint density at radius 3 is 2.88 bits per heavy atom. The highest BCUT2D eigenvalue weighted by Crippen LogP contribution is 2.24. The summed E-state index contributed by atoms with van der Waals surface area (Å²) >= 11 is 0. The highest BCUT2D eigenvalue weighted by Gasteiger charge is 2.37. The lowest BCUT2D eigenvalue weighted by Gasteiger charge is -2.41. The van der Waals surface area contributed by atoms with Crippen LogP contribution in [0, 0.1) is 0 Å². The van der Waals surface area contributed by atoms with Crippen molar-refractivity contribution in [2.75, 3.05) is 20.2 Å². The maximum absolute atomic E-state index is 5.59. The standard InChI is InChI=1S/C12H15N3O/c1-16-12(7-13-8-12)6-11-9-4-2-3-5-10(9)14-15-11/h2-5,13H,6-8H2,1H3,(H,14,15). The molecule has 0 atom stereocenters. The number of rotatable bonds is 3. The number of aromatic nitrogens is 2. The number of H-pyrrole nitrogens is 1. The van der Waals surface area contributed by atoms with Crippen LogP contribution in [-0.4, -0.2) is 36.0 Å². The summed E-state index contributed by atoms with van der Waals surface area (Å²) in [5.74, 6) is 0.